The van der Waals surface area contributed by atoms with Crippen molar-refractivity contribution in [3.63, 3.8) is 0 Å². The van der Waals surface area contributed by atoms with Crippen molar-refractivity contribution in [3.8, 4) is 0 Å². The first-order chi connectivity index (χ1) is 12.8. The molecule has 7 nitrogen and oxygen atoms in total. The standard InChI is InChI=1S/C20H30N6O.HI/c1-14(2)19-17(13-26(6)24-19)12-25(5)20(21-4)22-11-16-8-7-9-18(10-16)23-15(3)27;/h7-10,13-14H,11-12H2,1-6H3,(H,21,22)(H,23,27);1H. The molecule has 2 N–H and O–H groups in total. The molecule has 0 spiro atoms. The molecule has 154 valence electrons. The van der Waals surface area contributed by atoms with Gasteiger partial charge >= 0.3 is 0 Å². The lowest BCUT2D eigenvalue weighted by molar-refractivity contribution is -0.114. The highest BCUT2D eigenvalue weighted by Crippen LogP contribution is 2.18. The van der Waals surface area contributed by atoms with Gasteiger partial charge in [0.15, 0.2) is 5.96 Å². The fraction of sp³-hybridized carbons (Fsp3) is 0.450. The Morgan fingerprint density at radius 1 is 1.36 bits per heavy atom. The van der Waals surface area contributed by atoms with E-state index in [2.05, 4.69) is 45.7 Å². The number of carbonyl (C=O) groups excluding carboxylic acids is 1. The molecule has 2 rings (SSSR count). The molecule has 1 aromatic heterocycles. The zero-order valence-electron chi connectivity index (χ0n) is 17.5. The van der Waals surface area contributed by atoms with E-state index in [9.17, 15) is 4.79 Å². The van der Waals surface area contributed by atoms with Crippen molar-refractivity contribution in [1.82, 2.24) is 20.0 Å². The van der Waals surface area contributed by atoms with E-state index in [1.54, 1.807) is 7.05 Å². The molecule has 1 heterocycles. The largest absolute Gasteiger partial charge is 0.352 e. The van der Waals surface area contributed by atoms with Crippen LogP contribution in [0.4, 0.5) is 5.69 Å². The number of hydrogen-bond donors (Lipinski definition) is 2. The number of halogens is 1. The lowest BCUT2D eigenvalue weighted by Gasteiger charge is -2.22. The number of benzene rings is 1. The number of rotatable bonds is 6. The van der Waals surface area contributed by atoms with Crippen molar-refractivity contribution in [1.29, 1.82) is 0 Å². The van der Waals surface area contributed by atoms with Crippen LogP contribution in [-0.2, 0) is 24.9 Å². The van der Waals surface area contributed by atoms with Crippen molar-refractivity contribution < 1.29 is 4.79 Å². The summed E-state index contributed by atoms with van der Waals surface area (Å²) in [6.45, 7) is 7.16. The van der Waals surface area contributed by atoms with E-state index in [0.717, 1.165) is 29.4 Å². The first-order valence-corrected chi connectivity index (χ1v) is 9.11. The van der Waals surface area contributed by atoms with Crippen molar-refractivity contribution >= 4 is 41.5 Å². The maximum Gasteiger partial charge on any atom is 0.221 e. The minimum atomic E-state index is -0.0759. The molecule has 0 saturated heterocycles. The number of nitrogens with zero attached hydrogens (tertiary/aromatic N) is 4. The Balaban J connectivity index is 0.00000392. The van der Waals surface area contributed by atoms with Crippen LogP contribution in [0.5, 0.6) is 0 Å². The SMILES string of the molecule is CN=C(NCc1cccc(NC(C)=O)c1)N(C)Cc1cn(C)nc1C(C)C.I. The second kappa shape index (κ2) is 11.0. The van der Waals surface area contributed by atoms with E-state index in [-0.39, 0.29) is 29.9 Å². The van der Waals surface area contributed by atoms with Crippen LogP contribution < -0.4 is 10.6 Å². The van der Waals surface area contributed by atoms with E-state index in [1.807, 2.05) is 43.0 Å². The van der Waals surface area contributed by atoms with E-state index >= 15 is 0 Å². The molecule has 0 aliphatic carbocycles. The second-order valence-corrected chi connectivity index (χ2v) is 7.01. The molecular weight excluding hydrogens is 467 g/mol. The third-order valence-electron chi connectivity index (χ3n) is 4.16. The van der Waals surface area contributed by atoms with Crippen molar-refractivity contribution in [2.75, 3.05) is 19.4 Å². The molecule has 28 heavy (non-hydrogen) atoms. The number of aliphatic imine (C=N–C) groups is 1. The summed E-state index contributed by atoms with van der Waals surface area (Å²) < 4.78 is 1.86. The maximum absolute atomic E-state index is 11.2. The van der Waals surface area contributed by atoms with Gasteiger partial charge in [-0.3, -0.25) is 14.5 Å². The number of aryl methyl sites for hydroxylation is 1. The summed E-state index contributed by atoms with van der Waals surface area (Å²) in [5.41, 5.74) is 4.18. The Morgan fingerprint density at radius 2 is 2.07 bits per heavy atom. The number of anilines is 1. The van der Waals surface area contributed by atoms with Gasteiger partial charge in [0, 0.05) is 58.6 Å². The molecule has 8 heteroatoms. The number of guanidine groups is 1. The van der Waals surface area contributed by atoms with E-state index in [1.165, 1.54) is 12.5 Å². The smallest absolute Gasteiger partial charge is 0.221 e. The van der Waals surface area contributed by atoms with Crippen LogP contribution in [0.2, 0.25) is 0 Å². The zero-order chi connectivity index (χ0) is 20.0. The molecule has 0 fully saturated rings. The number of nitrogens with one attached hydrogen (secondary N) is 2. The van der Waals surface area contributed by atoms with Crippen molar-refractivity contribution in [2.24, 2.45) is 12.0 Å². The Hall–Kier alpha value is -2.10. The summed E-state index contributed by atoms with van der Waals surface area (Å²) in [7, 11) is 5.74. The van der Waals surface area contributed by atoms with Gasteiger partial charge in [0.25, 0.3) is 0 Å². The monoisotopic (exact) mass is 498 g/mol. The predicted octanol–water partition coefficient (Wildman–Crippen LogP) is 3.33. The van der Waals surface area contributed by atoms with Gasteiger partial charge in [0.05, 0.1) is 5.69 Å². The van der Waals surface area contributed by atoms with Crippen LogP contribution in [-0.4, -0.2) is 40.6 Å². The Bertz CT molecular complexity index is 815. The van der Waals surface area contributed by atoms with E-state index < -0.39 is 0 Å². The van der Waals surface area contributed by atoms with Gasteiger partial charge in [-0.15, -0.1) is 24.0 Å². The molecule has 0 saturated carbocycles. The second-order valence-electron chi connectivity index (χ2n) is 7.01. The molecular formula is C20H31IN6O. The molecule has 1 amide bonds. The third kappa shape index (κ3) is 6.81. The quantitative estimate of drug-likeness (QED) is 0.364. The fourth-order valence-electron chi connectivity index (χ4n) is 3.02. The minimum Gasteiger partial charge on any atom is -0.352 e. The lowest BCUT2D eigenvalue weighted by atomic mass is 10.1. The minimum absolute atomic E-state index is 0. The van der Waals surface area contributed by atoms with E-state index in [4.69, 9.17) is 0 Å². The Morgan fingerprint density at radius 3 is 2.68 bits per heavy atom. The molecule has 0 radical (unpaired) electrons. The number of aromatic nitrogens is 2. The summed E-state index contributed by atoms with van der Waals surface area (Å²) in [5, 5.41) is 10.8. The number of carbonyl (C=O) groups is 1. The predicted molar refractivity (Wildman–Crippen MR) is 125 cm³/mol. The van der Waals surface area contributed by atoms with Gasteiger partial charge in [-0.1, -0.05) is 26.0 Å². The van der Waals surface area contributed by atoms with Crippen LogP contribution in [0.1, 0.15) is 43.5 Å². The van der Waals surface area contributed by atoms with Gasteiger partial charge in [0.1, 0.15) is 0 Å². The van der Waals surface area contributed by atoms with Gasteiger partial charge in [0.2, 0.25) is 5.91 Å². The molecule has 0 unspecified atom stereocenters. The molecule has 2 aromatic rings. The highest BCUT2D eigenvalue weighted by Gasteiger charge is 2.15. The van der Waals surface area contributed by atoms with Gasteiger partial charge < -0.3 is 15.5 Å². The van der Waals surface area contributed by atoms with Crippen LogP contribution in [0.25, 0.3) is 0 Å². The summed E-state index contributed by atoms with van der Waals surface area (Å²) in [5.74, 6) is 1.10. The lowest BCUT2D eigenvalue weighted by Crippen LogP contribution is -2.38. The summed E-state index contributed by atoms with van der Waals surface area (Å²) in [4.78, 5) is 17.7. The van der Waals surface area contributed by atoms with Crippen LogP contribution >= 0.6 is 24.0 Å². The van der Waals surface area contributed by atoms with Gasteiger partial charge in [-0.2, -0.15) is 5.10 Å². The van der Waals surface area contributed by atoms with Gasteiger partial charge in [-0.25, -0.2) is 0 Å². The molecule has 0 aliphatic rings. The summed E-state index contributed by atoms with van der Waals surface area (Å²) in [6.07, 6.45) is 2.07. The topological polar surface area (TPSA) is 74.6 Å². The first-order valence-electron chi connectivity index (χ1n) is 9.11. The van der Waals surface area contributed by atoms with Crippen LogP contribution in [0.3, 0.4) is 0 Å². The maximum atomic E-state index is 11.2. The zero-order valence-corrected chi connectivity index (χ0v) is 19.8. The highest BCUT2D eigenvalue weighted by molar-refractivity contribution is 14.0. The molecule has 0 aliphatic heterocycles. The average Bonchev–Trinajstić information content (AvgIpc) is 2.95. The normalized spacial score (nSPS) is 11.2. The highest BCUT2D eigenvalue weighted by atomic mass is 127. The van der Waals surface area contributed by atoms with Crippen LogP contribution in [0, 0.1) is 0 Å². The number of hydrogen-bond acceptors (Lipinski definition) is 3. The van der Waals surface area contributed by atoms with Crippen LogP contribution in [0.15, 0.2) is 35.5 Å². The molecule has 0 bridgehead atoms. The van der Waals surface area contributed by atoms with Crippen molar-refractivity contribution in [3.05, 3.63) is 47.3 Å². The third-order valence-corrected chi connectivity index (χ3v) is 4.16. The Kier molecular flexibility index (Phi) is 9.44. The van der Waals surface area contributed by atoms with E-state index in [0.29, 0.717) is 12.5 Å². The average molecular weight is 498 g/mol. The van der Waals surface area contributed by atoms with Crippen molar-refractivity contribution in [2.45, 2.75) is 39.8 Å². The Labute approximate surface area is 184 Å². The molecule has 0 atom stereocenters. The number of amides is 1. The van der Waals surface area contributed by atoms with Gasteiger partial charge in [-0.05, 0) is 23.6 Å². The molecule has 1 aromatic carbocycles. The summed E-state index contributed by atoms with van der Waals surface area (Å²) >= 11 is 0. The first kappa shape index (κ1) is 23.9. The fourth-order valence-corrected chi connectivity index (χ4v) is 3.02. The summed E-state index contributed by atoms with van der Waals surface area (Å²) in [6, 6.07) is 7.78.